The summed E-state index contributed by atoms with van der Waals surface area (Å²) in [5.74, 6) is -0.667. The van der Waals surface area contributed by atoms with Crippen LogP contribution in [-0.2, 0) is 27.2 Å². The number of carbonyl (C=O) groups is 3. The number of fused-ring (bicyclic) bond motifs is 3. The van der Waals surface area contributed by atoms with E-state index in [1.54, 1.807) is 0 Å². The van der Waals surface area contributed by atoms with Gasteiger partial charge in [-0.25, -0.2) is 0 Å². The summed E-state index contributed by atoms with van der Waals surface area (Å²) in [6.07, 6.45) is 7.12. The number of carbonyl (C=O) groups excluding carboxylic acids is 2. The molecule has 3 aliphatic carbocycles. The fourth-order valence-electron chi connectivity index (χ4n) is 7.38. The number of hydrogen-bond donors (Lipinski definition) is 2. The lowest BCUT2D eigenvalue weighted by molar-refractivity contribution is -0.139. The molecule has 2 amide bonds. The molecule has 0 bridgehead atoms. The summed E-state index contributed by atoms with van der Waals surface area (Å²) < 4.78 is 0. The summed E-state index contributed by atoms with van der Waals surface area (Å²) >= 11 is 6.51. The summed E-state index contributed by atoms with van der Waals surface area (Å²) in [6, 6.07) is 14.4. The van der Waals surface area contributed by atoms with Gasteiger partial charge in [-0.1, -0.05) is 48.4 Å². The Hall–Kier alpha value is -2.86. The molecule has 194 valence electrons. The number of benzene rings is 2. The first-order chi connectivity index (χ1) is 17.9. The molecule has 0 saturated heterocycles. The van der Waals surface area contributed by atoms with E-state index in [1.807, 2.05) is 12.1 Å². The molecule has 37 heavy (non-hydrogen) atoms. The molecule has 0 spiro atoms. The van der Waals surface area contributed by atoms with Gasteiger partial charge in [-0.3, -0.25) is 14.4 Å². The van der Waals surface area contributed by atoms with Crippen molar-refractivity contribution >= 4 is 35.1 Å². The quantitative estimate of drug-likeness (QED) is 0.544. The van der Waals surface area contributed by atoms with Gasteiger partial charge in [-0.05, 0) is 79.7 Å². The highest BCUT2D eigenvalue weighted by molar-refractivity contribution is 6.31. The number of anilines is 1. The fourth-order valence-corrected chi connectivity index (χ4v) is 7.55. The number of carboxylic acid groups (broad SMARTS) is 1. The second-order valence-corrected chi connectivity index (χ2v) is 11.8. The zero-order valence-corrected chi connectivity index (χ0v) is 21.7. The molecule has 4 atom stereocenters. The van der Waals surface area contributed by atoms with Crippen LogP contribution in [0.5, 0.6) is 0 Å². The van der Waals surface area contributed by atoms with Gasteiger partial charge in [0.15, 0.2) is 0 Å². The van der Waals surface area contributed by atoms with E-state index in [0.29, 0.717) is 5.02 Å². The molecule has 6 rings (SSSR count). The maximum absolute atomic E-state index is 14.2. The van der Waals surface area contributed by atoms with Crippen LogP contribution in [0.25, 0.3) is 0 Å². The van der Waals surface area contributed by atoms with Gasteiger partial charge >= 0.3 is 5.97 Å². The normalized spacial score (nSPS) is 27.0. The molecular weight excluding hydrogens is 488 g/mol. The van der Waals surface area contributed by atoms with Gasteiger partial charge < -0.3 is 15.3 Å². The van der Waals surface area contributed by atoms with Gasteiger partial charge in [-0.15, -0.1) is 0 Å². The minimum atomic E-state index is -0.965. The average molecular weight is 521 g/mol. The van der Waals surface area contributed by atoms with Gasteiger partial charge in [0.05, 0.1) is 6.42 Å². The maximum atomic E-state index is 14.2. The zero-order chi connectivity index (χ0) is 25.7. The van der Waals surface area contributed by atoms with Crippen LogP contribution in [0.3, 0.4) is 0 Å². The highest BCUT2D eigenvalue weighted by Gasteiger charge is 2.59. The van der Waals surface area contributed by atoms with E-state index in [1.165, 1.54) is 11.1 Å². The van der Waals surface area contributed by atoms with Gasteiger partial charge in [-0.2, -0.15) is 0 Å². The number of halogens is 1. The van der Waals surface area contributed by atoms with Crippen molar-refractivity contribution in [1.82, 2.24) is 5.32 Å². The molecule has 2 aromatic rings. The third-order valence-corrected chi connectivity index (χ3v) is 9.39. The predicted octanol–water partition coefficient (Wildman–Crippen LogP) is 5.26. The first kappa shape index (κ1) is 24.5. The van der Waals surface area contributed by atoms with Crippen LogP contribution in [0.1, 0.15) is 74.0 Å². The van der Waals surface area contributed by atoms with E-state index in [0.717, 1.165) is 62.6 Å². The molecule has 4 unspecified atom stereocenters. The van der Waals surface area contributed by atoms with Crippen molar-refractivity contribution in [2.24, 2.45) is 11.8 Å². The number of nitrogens with zero attached hydrogens (tertiary/aromatic N) is 1. The molecule has 6 nitrogen and oxygen atoms in total. The van der Waals surface area contributed by atoms with E-state index in [2.05, 4.69) is 40.5 Å². The van der Waals surface area contributed by atoms with Crippen LogP contribution in [0.15, 0.2) is 42.5 Å². The highest BCUT2D eigenvalue weighted by Crippen LogP contribution is 2.60. The molecule has 2 fully saturated rings. The first-order valence-corrected chi connectivity index (χ1v) is 14.0. The van der Waals surface area contributed by atoms with Crippen molar-refractivity contribution in [2.75, 3.05) is 4.90 Å². The van der Waals surface area contributed by atoms with Crippen molar-refractivity contribution in [3.05, 3.63) is 64.2 Å². The molecule has 2 aromatic carbocycles. The van der Waals surface area contributed by atoms with Crippen LogP contribution >= 0.6 is 11.6 Å². The standard InChI is InChI=1S/C30H33ClN2O4/c31-21-10-11-23-25(17-21)33(29(37)20-9-8-18-4-1-2-5-19(18)16-20)24-7-3-6-22(24)28(23)30(14-15-30)32-26(34)12-13-27(35)36/h1-2,4-5,10-11,17,20,22,24,28H,3,6-9,12-16H2,(H,32,34)(H,35,36). The lowest BCUT2D eigenvalue weighted by Crippen LogP contribution is -2.55. The first-order valence-electron chi connectivity index (χ1n) is 13.6. The Balaban J connectivity index is 1.33. The van der Waals surface area contributed by atoms with Crippen molar-refractivity contribution in [3.63, 3.8) is 0 Å². The van der Waals surface area contributed by atoms with E-state index in [4.69, 9.17) is 16.7 Å². The van der Waals surface area contributed by atoms with E-state index < -0.39 is 5.97 Å². The van der Waals surface area contributed by atoms with Gasteiger partial charge in [0.1, 0.15) is 0 Å². The molecule has 0 aromatic heterocycles. The minimum absolute atomic E-state index is 0.0147. The number of amides is 2. The molecule has 0 radical (unpaired) electrons. The molecule has 4 aliphatic rings. The summed E-state index contributed by atoms with van der Waals surface area (Å²) in [4.78, 5) is 40.0. The van der Waals surface area contributed by atoms with Gasteiger partial charge in [0.25, 0.3) is 0 Å². The van der Waals surface area contributed by atoms with Crippen LogP contribution in [0.2, 0.25) is 5.02 Å². The van der Waals surface area contributed by atoms with E-state index >= 15 is 0 Å². The number of hydrogen-bond acceptors (Lipinski definition) is 3. The monoisotopic (exact) mass is 520 g/mol. The molecule has 7 heteroatoms. The largest absolute Gasteiger partial charge is 0.481 e. The summed E-state index contributed by atoms with van der Waals surface area (Å²) in [6.45, 7) is 0. The third-order valence-electron chi connectivity index (χ3n) is 9.15. The lowest BCUT2D eigenvalue weighted by Gasteiger charge is -2.48. The van der Waals surface area contributed by atoms with E-state index in [9.17, 15) is 14.4 Å². The SMILES string of the molecule is O=C(O)CCC(=O)NC1(C2c3ccc(Cl)cc3N(C(=O)C3CCc4ccccc4C3)C3CCCC32)CC1. The number of rotatable bonds is 6. The Labute approximate surface area is 222 Å². The second kappa shape index (κ2) is 9.46. The predicted molar refractivity (Wildman–Crippen MR) is 142 cm³/mol. The number of aliphatic carboxylic acids is 1. The highest BCUT2D eigenvalue weighted by atomic mass is 35.5. The maximum Gasteiger partial charge on any atom is 0.303 e. The van der Waals surface area contributed by atoms with Crippen LogP contribution in [-0.4, -0.2) is 34.5 Å². The van der Waals surface area contributed by atoms with Crippen LogP contribution in [0.4, 0.5) is 5.69 Å². The van der Waals surface area contributed by atoms with Gasteiger partial charge in [0, 0.05) is 40.5 Å². The Kier molecular flexibility index (Phi) is 6.26. The van der Waals surface area contributed by atoms with Crippen molar-refractivity contribution in [3.8, 4) is 0 Å². The van der Waals surface area contributed by atoms with Crippen LogP contribution < -0.4 is 10.2 Å². The van der Waals surface area contributed by atoms with Crippen molar-refractivity contribution < 1.29 is 19.5 Å². The topological polar surface area (TPSA) is 86.7 Å². The molecule has 2 saturated carbocycles. The Morgan fingerprint density at radius 2 is 1.81 bits per heavy atom. The summed E-state index contributed by atoms with van der Waals surface area (Å²) in [7, 11) is 0. The molecular formula is C30H33ClN2O4. The van der Waals surface area contributed by atoms with Crippen molar-refractivity contribution in [2.45, 2.75) is 81.7 Å². The van der Waals surface area contributed by atoms with Gasteiger partial charge in [0.2, 0.25) is 11.8 Å². The number of aryl methyl sites for hydroxylation is 1. The fraction of sp³-hybridized carbons (Fsp3) is 0.500. The molecule has 1 aliphatic heterocycles. The third kappa shape index (κ3) is 4.43. The Morgan fingerprint density at radius 1 is 1.03 bits per heavy atom. The Bertz CT molecular complexity index is 1260. The van der Waals surface area contributed by atoms with Crippen LogP contribution in [0, 0.1) is 11.8 Å². The second-order valence-electron chi connectivity index (χ2n) is 11.4. The number of carboxylic acids is 1. The smallest absolute Gasteiger partial charge is 0.303 e. The average Bonchev–Trinajstić information content (AvgIpc) is 3.49. The molecule has 2 N–H and O–H groups in total. The molecule has 1 heterocycles. The summed E-state index contributed by atoms with van der Waals surface area (Å²) in [5, 5.41) is 12.9. The lowest BCUT2D eigenvalue weighted by atomic mass is 9.71. The Morgan fingerprint density at radius 3 is 2.57 bits per heavy atom. The summed E-state index contributed by atoms with van der Waals surface area (Å²) in [5.41, 5.74) is 4.24. The number of nitrogens with one attached hydrogen (secondary N) is 1. The van der Waals surface area contributed by atoms with E-state index in [-0.39, 0.29) is 54.0 Å². The van der Waals surface area contributed by atoms with Crippen molar-refractivity contribution in [1.29, 1.82) is 0 Å². The zero-order valence-electron chi connectivity index (χ0n) is 20.9. The minimum Gasteiger partial charge on any atom is -0.481 e.